The van der Waals surface area contributed by atoms with Crippen molar-refractivity contribution < 1.29 is 44.7 Å². The summed E-state index contributed by atoms with van der Waals surface area (Å²) in [7, 11) is 0. The quantitative estimate of drug-likeness (QED) is 0.774. The molecule has 0 unspecified atom stereocenters. The van der Waals surface area contributed by atoms with E-state index >= 15 is 0 Å². The van der Waals surface area contributed by atoms with E-state index in [9.17, 15) is 39.9 Å². The molecule has 1 aliphatic rings. The second kappa shape index (κ2) is 5.24. The van der Waals surface area contributed by atoms with E-state index in [0.717, 1.165) is 0 Å². The van der Waals surface area contributed by atoms with Gasteiger partial charge in [0.15, 0.2) is 6.61 Å². The van der Waals surface area contributed by atoms with Crippen molar-refractivity contribution in [3.63, 3.8) is 0 Å². The molecule has 2 rings (SSSR count). The number of hydrogen-bond acceptors (Lipinski definition) is 2. The average Bonchev–Trinajstić information content (AvgIpc) is 2.39. The molecule has 128 valence electrons. The number of hydrogen-bond donors (Lipinski definition) is 1. The van der Waals surface area contributed by atoms with Gasteiger partial charge in [-0.1, -0.05) is 6.07 Å². The number of rotatable bonds is 1. The van der Waals surface area contributed by atoms with Crippen LogP contribution in [0.1, 0.15) is 22.7 Å². The lowest BCUT2D eigenvalue weighted by atomic mass is 9.93. The summed E-state index contributed by atoms with van der Waals surface area (Å²) >= 11 is 0. The number of benzene rings is 1. The summed E-state index contributed by atoms with van der Waals surface area (Å²) in [5.41, 5.74) is -4.72. The fraction of sp³-hybridized carbons (Fsp3) is 0.417. The van der Waals surface area contributed by atoms with Crippen molar-refractivity contribution >= 4 is 6.09 Å². The molecule has 1 amide bonds. The summed E-state index contributed by atoms with van der Waals surface area (Å²) in [5.74, 6) is -3.92. The molecule has 0 radical (unpaired) electrons. The Morgan fingerprint density at radius 1 is 1.09 bits per heavy atom. The molecule has 1 N–H and O–H groups in total. The molecule has 11 heteroatoms. The number of cyclic esters (lactones) is 1. The lowest BCUT2D eigenvalue weighted by Crippen LogP contribution is -2.50. The third-order valence-corrected chi connectivity index (χ3v) is 3.08. The van der Waals surface area contributed by atoms with Crippen molar-refractivity contribution in [3.05, 3.63) is 34.9 Å². The highest BCUT2D eigenvalue weighted by Crippen LogP contribution is 2.43. The van der Waals surface area contributed by atoms with E-state index in [0.29, 0.717) is 0 Å². The number of alkyl carbamates (subject to hydrolysis) is 1. The van der Waals surface area contributed by atoms with Gasteiger partial charge in [0, 0.05) is 0 Å². The maximum atomic E-state index is 13.7. The standard InChI is InChI=1S/C12H7F8NO2/c13-10(14)4-23-9(22)21-8(10)6-2-1-5(11(15,16)17)3-7(6)12(18,19)20/h1-3,8H,4H2,(H,21,22)/t8-/m0/s1. The number of carbonyl (C=O) groups excluding carboxylic acids is 1. The topological polar surface area (TPSA) is 38.3 Å². The molecule has 0 saturated carbocycles. The van der Waals surface area contributed by atoms with Gasteiger partial charge in [-0.3, -0.25) is 0 Å². The maximum Gasteiger partial charge on any atom is 0.416 e. The fourth-order valence-corrected chi connectivity index (χ4v) is 2.05. The molecule has 1 heterocycles. The van der Waals surface area contributed by atoms with Gasteiger partial charge in [0.25, 0.3) is 0 Å². The number of amides is 1. The van der Waals surface area contributed by atoms with Gasteiger partial charge in [-0.2, -0.15) is 26.3 Å². The molecular formula is C12H7F8NO2. The smallest absolute Gasteiger partial charge is 0.416 e. The second-order valence-electron chi connectivity index (χ2n) is 4.71. The first kappa shape index (κ1) is 17.3. The normalized spacial score (nSPS) is 21.6. The van der Waals surface area contributed by atoms with E-state index < -0.39 is 53.7 Å². The predicted molar refractivity (Wildman–Crippen MR) is 58.6 cm³/mol. The molecule has 1 aliphatic heterocycles. The number of carbonyl (C=O) groups is 1. The largest absolute Gasteiger partial charge is 0.443 e. The summed E-state index contributed by atoms with van der Waals surface area (Å²) in [6.07, 6.45) is -11.8. The van der Waals surface area contributed by atoms with Crippen LogP contribution in [-0.4, -0.2) is 18.6 Å². The van der Waals surface area contributed by atoms with E-state index in [1.165, 1.54) is 5.32 Å². The van der Waals surface area contributed by atoms with Gasteiger partial charge in [0.05, 0.1) is 11.1 Å². The van der Waals surface area contributed by atoms with Crippen molar-refractivity contribution in [2.45, 2.75) is 24.3 Å². The highest BCUT2D eigenvalue weighted by atomic mass is 19.4. The molecule has 0 spiro atoms. The Balaban J connectivity index is 2.59. The van der Waals surface area contributed by atoms with Crippen molar-refractivity contribution in [1.29, 1.82) is 0 Å². The highest BCUT2D eigenvalue weighted by molar-refractivity contribution is 5.69. The van der Waals surface area contributed by atoms with E-state index in [1.807, 2.05) is 0 Å². The summed E-state index contributed by atoms with van der Waals surface area (Å²) in [6.45, 7) is -1.48. The predicted octanol–water partition coefficient (Wildman–Crippen LogP) is 4.14. The van der Waals surface area contributed by atoms with Crippen molar-refractivity contribution in [2.24, 2.45) is 0 Å². The zero-order chi connectivity index (χ0) is 17.6. The van der Waals surface area contributed by atoms with Crippen LogP contribution in [0, 0.1) is 0 Å². The van der Waals surface area contributed by atoms with E-state index in [2.05, 4.69) is 4.74 Å². The molecule has 1 aromatic carbocycles. The van der Waals surface area contributed by atoms with Gasteiger partial charge in [-0.15, -0.1) is 0 Å². The first-order valence-corrected chi connectivity index (χ1v) is 5.92. The second-order valence-corrected chi connectivity index (χ2v) is 4.71. The third kappa shape index (κ3) is 3.48. The van der Waals surface area contributed by atoms with E-state index in [1.54, 1.807) is 0 Å². The number of alkyl halides is 8. The molecule has 0 aromatic heterocycles. The number of ether oxygens (including phenoxy) is 1. The van der Waals surface area contributed by atoms with Crippen LogP contribution in [-0.2, 0) is 17.1 Å². The van der Waals surface area contributed by atoms with E-state index in [4.69, 9.17) is 0 Å². The zero-order valence-electron chi connectivity index (χ0n) is 10.9. The van der Waals surface area contributed by atoms with Gasteiger partial charge >= 0.3 is 24.4 Å². The van der Waals surface area contributed by atoms with Gasteiger partial charge < -0.3 is 10.1 Å². The van der Waals surface area contributed by atoms with Crippen LogP contribution < -0.4 is 5.32 Å². The van der Waals surface area contributed by atoms with Gasteiger partial charge in [-0.25, -0.2) is 13.6 Å². The maximum absolute atomic E-state index is 13.7. The molecule has 23 heavy (non-hydrogen) atoms. The fourth-order valence-electron chi connectivity index (χ4n) is 2.05. The molecule has 1 saturated heterocycles. The molecular weight excluding hydrogens is 342 g/mol. The van der Waals surface area contributed by atoms with Crippen LogP contribution in [0.25, 0.3) is 0 Å². The molecule has 0 aliphatic carbocycles. The first-order chi connectivity index (χ1) is 10.3. The van der Waals surface area contributed by atoms with Gasteiger partial charge in [0.1, 0.15) is 6.04 Å². The summed E-state index contributed by atoms with van der Waals surface area (Å²) in [6, 6.07) is -2.21. The lowest BCUT2D eigenvalue weighted by Gasteiger charge is -2.33. The van der Waals surface area contributed by atoms with Crippen LogP contribution in [0.3, 0.4) is 0 Å². The van der Waals surface area contributed by atoms with E-state index in [-0.39, 0.29) is 18.2 Å². The Morgan fingerprint density at radius 3 is 2.22 bits per heavy atom. The van der Waals surface area contributed by atoms with Gasteiger partial charge in [0.2, 0.25) is 0 Å². The SMILES string of the molecule is O=C1N[C@@H](c2ccc(C(F)(F)F)cc2C(F)(F)F)C(F)(F)CO1. The highest BCUT2D eigenvalue weighted by Gasteiger charge is 2.50. The van der Waals surface area contributed by atoms with Crippen LogP contribution in [0.5, 0.6) is 0 Å². The average molecular weight is 349 g/mol. The molecule has 3 nitrogen and oxygen atoms in total. The molecule has 1 aromatic rings. The summed E-state index contributed by atoms with van der Waals surface area (Å²) in [4.78, 5) is 11.0. The van der Waals surface area contributed by atoms with Gasteiger partial charge in [-0.05, 0) is 17.7 Å². The Bertz CT molecular complexity index is 622. The third-order valence-electron chi connectivity index (χ3n) is 3.08. The van der Waals surface area contributed by atoms with Crippen molar-refractivity contribution in [2.75, 3.05) is 6.61 Å². The Labute approximate surface area is 123 Å². The minimum Gasteiger partial charge on any atom is -0.443 e. The molecule has 1 fully saturated rings. The lowest BCUT2D eigenvalue weighted by molar-refractivity contribution is -0.145. The number of nitrogens with one attached hydrogen (secondary N) is 1. The minimum absolute atomic E-state index is 0.238. The van der Waals surface area contributed by atoms with Crippen molar-refractivity contribution in [3.8, 4) is 0 Å². The summed E-state index contributed by atoms with van der Waals surface area (Å²) in [5, 5.41) is 1.50. The molecule has 0 bridgehead atoms. The molecule has 1 atom stereocenters. The van der Waals surface area contributed by atoms with Crippen LogP contribution >= 0.6 is 0 Å². The number of halogens is 8. The van der Waals surface area contributed by atoms with Crippen LogP contribution in [0.15, 0.2) is 18.2 Å². The Morgan fingerprint density at radius 2 is 1.70 bits per heavy atom. The monoisotopic (exact) mass is 349 g/mol. The Hall–Kier alpha value is -2.07. The first-order valence-electron chi connectivity index (χ1n) is 5.92. The van der Waals surface area contributed by atoms with Crippen molar-refractivity contribution in [1.82, 2.24) is 5.32 Å². The van der Waals surface area contributed by atoms with Crippen LogP contribution in [0.2, 0.25) is 0 Å². The minimum atomic E-state index is -5.32. The Kier molecular flexibility index (Phi) is 3.94. The van der Waals surface area contributed by atoms with Crippen LogP contribution in [0.4, 0.5) is 39.9 Å². The zero-order valence-corrected chi connectivity index (χ0v) is 10.9. The summed E-state index contributed by atoms with van der Waals surface area (Å²) < 4.78 is 108.